The maximum absolute atomic E-state index is 9.66. The maximum atomic E-state index is 9.66. The van der Waals surface area contributed by atoms with Crippen molar-refractivity contribution in [2.75, 3.05) is 0 Å². The summed E-state index contributed by atoms with van der Waals surface area (Å²) in [6.45, 7) is 9.39. The van der Waals surface area contributed by atoms with E-state index >= 15 is 0 Å². The highest BCUT2D eigenvalue weighted by atomic mass is 14.9. The van der Waals surface area contributed by atoms with Gasteiger partial charge in [-0.3, -0.25) is 0 Å². The summed E-state index contributed by atoms with van der Waals surface area (Å²) >= 11 is 0. The first-order chi connectivity index (χ1) is 12.7. The van der Waals surface area contributed by atoms with Crippen LogP contribution >= 0.6 is 0 Å². The van der Waals surface area contributed by atoms with E-state index in [2.05, 4.69) is 82.4 Å². The first kappa shape index (κ1) is 17.0. The molecule has 0 heterocycles. The van der Waals surface area contributed by atoms with E-state index < -0.39 is 0 Å². The molecule has 0 spiro atoms. The Balaban J connectivity index is 1.99. The molecule has 2 N–H and O–H groups in total. The fourth-order valence-electron chi connectivity index (χ4n) is 7.50. The molecule has 27 heavy (non-hydrogen) atoms. The SMILES string of the molecule is CC1(C)C=CC2=C3C14CC(N)C3(C1C=CC=CC4C1=CC#N)C(C)(C)C=C2. The third-order valence-corrected chi connectivity index (χ3v) is 8.54. The van der Waals surface area contributed by atoms with Gasteiger partial charge in [-0.05, 0) is 34.0 Å². The van der Waals surface area contributed by atoms with Gasteiger partial charge in [-0.25, -0.2) is 0 Å². The lowest BCUT2D eigenvalue weighted by molar-refractivity contribution is 0.0484. The second kappa shape index (κ2) is 4.83. The van der Waals surface area contributed by atoms with Crippen LogP contribution in [0.2, 0.25) is 0 Å². The fourth-order valence-corrected chi connectivity index (χ4v) is 7.50. The average molecular weight is 357 g/mol. The molecular weight excluding hydrogens is 328 g/mol. The van der Waals surface area contributed by atoms with Gasteiger partial charge in [0, 0.05) is 34.8 Å². The van der Waals surface area contributed by atoms with Gasteiger partial charge in [0.1, 0.15) is 0 Å². The Hall–Kier alpha value is -2.11. The van der Waals surface area contributed by atoms with Gasteiger partial charge < -0.3 is 5.73 Å². The average Bonchev–Trinajstić information content (AvgIpc) is 2.72. The molecule has 2 nitrogen and oxygen atoms in total. The quantitative estimate of drug-likeness (QED) is 0.621. The van der Waals surface area contributed by atoms with E-state index in [4.69, 9.17) is 5.73 Å². The second-order valence-corrected chi connectivity index (χ2v) is 10.1. The van der Waals surface area contributed by atoms with Gasteiger partial charge in [0.05, 0.1) is 6.07 Å². The molecule has 0 aliphatic heterocycles. The predicted octanol–water partition coefficient (Wildman–Crippen LogP) is 5.00. The van der Waals surface area contributed by atoms with Crippen molar-refractivity contribution >= 4 is 0 Å². The van der Waals surface area contributed by atoms with E-state index in [-0.39, 0.29) is 39.5 Å². The van der Waals surface area contributed by atoms with Gasteiger partial charge in [0.15, 0.2) is 0 Å². The zero-order valence-electron chi connectivity index (χ0n) is 16.7. The number of nitrogens with two attached hydrogens (primary N) is 1. The van der Waals surface area contributed by atoms with Crippen molar-refractivity contribution in [1.29, 1.82) is 5.26 Å². The lowest BCUT2D eigenvalue weighted by Gasteiger charge is -2.63. The summed E-state index contributed by atoms with van der Waals surface area (Å²) in [4.78, 5) is 0. The van der Waals surface area contributed by atoms with Gasteiger partial charge >= 0.3 is 0 Å². The Morgan fingerprint density at radius 1 is 1.04 bits per heavy atom. The van der Waals surface area contributed by atoms with Crippen LogP contribution < -0.4 is 5.73 Å². The zero-order chi connectivity index (χ0) is 19.2. The van der Waals surface area contributed by atoms with Crippen LogP contribution in [0.25, 0.3) is 0 Å². The molecule has 0 aromatic rings. The minimum Gasteiger partial charge on any atom is -0.327 e. The van der Waals surface area contributed by atoms with Crippen LogP contribution in [0, 0.1) is 44.8 Å². The third kappa shape index (κ3) is 1.59. The number of fused-ring (bicyclic) bond motifs is 2. The Kier molecular flexibility index (Phi) is 3.05. The van der Waals surface area contributed by atoms with E-state index in [1.54, 1.807) is 5.57 Å². The van der Waals surface area contributed by atoms with Crippen LogP contribution in [0.5, 0.6) is 0 Å². The Bertz CT molecular complexity index is 955. The first-order valence-corrected chi connectivity index (χ1v) is 10.1. The number of hydrogen-bond acceptors (Lipinski definition) is 2. The van der Waals surface area contributed by atoms with Gasteiger partial charge in [0.25, 0.3) is 0 Å². The first-order valence-electron chi connectivity index (χ1n) is 10.1. The minimum atomic E-state index is -0.180. The number of allylic oxidation sites excluding steroid dienone is 11. The van der Waals surface area contributed by atoms with Crippen LogP contribution in [-0.4, -0.2) is 6.04 Å². The van der Waals surface area contributed by atoms with E-state index in [1.165, 1.54) is 11.1 Å². The minimum absolute atomic E-state index is 0.0225. The highest BCUT2D eigenvalue weighted by Gasteiger charge is 2.75. The largest absolute Gasteiger partial charge is 0.327 e. The van der Waals surface area contributed by atoms with Gasteiger partial charge in [0.2, 0.25) is 0 Å². The lowest BCUT2D eigenvalue weighted by Crippen LogP contribution is -2.59. The van der Waals surface area contributed by atoms with Crippen LogP contribution in [0.3, 0.4) is 0 Å². The Morgan fingerprint density at radius 2 is 1.67 bits per heavy atom. The van der Waals surface area contributed by atoms with Crippen molar-refractivity contribution in [2.24, 2.45) is 39.2 Å². The zero-order valence-corrected chi connectivity index (χ0v) is 16.7. The standard InChI is InChI=1S/C25H28N2/c1-22(2)12-9-16-10-13-23(3,4)25-19-8-6-5-7-18(17(19)11-14-26)24(22,21(16)25)15-20(25)27/h5-13,18-20H,15,27H2,1-4H3. The summed E-state index contributed by atoms with van der Waals surface area (Å²) in [6.07, 6.45) is 21.2. The highest BCUT2D eigenvalue weighted by Crippen LogP contribution is 2.80. The molecule has 4 bridgehead atoms. The smallest absolute Gasteiger partial charge is 0.0912 e. The molecule has 5 atom stereocenters. The lowest BCUT2D eigenvalue weighted by atomic mass is 9.39. The van der Waals surface area contributed by atoms with E-state index in [0.717, 1.165) is 6.42 Å². The highest BCUT2D eigenvalue weighted by molar-refractivity contribution is 5.63. The van der Waals surface area contributed by atoms with Crippen molar-refractivity contribution < 1.29 is 0 Å². The van der Waals surface area contributed by atoms with Gasteiger partial charge in [-0.1, -0.05) is 76.3 Å². The normalized spacial score (nSPS) is 45.6. The number of hydrogen-bond donors (Lipinski definition) is 1. The van der Waals surface area contributed by atoms with Crippen molar-refractivity contribution in [3.8, 4) is 6.07 Å². The number of rotatable bonds is 0. The van der Waals surface area contributed by atoms with Crippen LogP contribution in [0.15, 0.2) is 71.4 Å². The van der Waals surface area contributed by atoms with E-state index in [0.29, 0.717) is 0 Å². The Morgan fingerprint density at radius 3 is 2.33 bits per heavy atom. The van der Waals surface area contributed by atoms with Crippen molar-refractivity contribution in [3.05, 3.63) is 71.4 Å². The summed E-state index contributed by atoms with van der Waals surface area (Å²) in [5.41, 5.74) is 10.9. The third-order valence-electron chi connectivity index (χ3n) is 8.54. The summed E-state index contributed by atoms with van der Waals surface area (Å²) in [7, 11) is 0. The van der Waals surface area contributed by atoms with Crippen LogP contribution in [-0.2, 0) is 0 Å². The summed E-state index contributed by atoms with van der Waals surface area (Å²) in [6, 6.07) is 2.44. The molecule has 2 fully saturated rings. The van der Waals surface area contributed by atoms with Crippen molar-refractivity contribution in [3.63, 3.8) is 0 Å². The number of nitrogens with zero attached hydrogens (tertiary/aromatic N) is 1. The molecule has 5 aliphatic carbocycles. The summed E-state index contributed by atoms with van der Waals surface area (Å²) < 4.78 is 0. The predicted molar refractivity (Wildman–Crippen MR) is 109 cm³/mol. The molecule has 2 heteroatoms. The summed E-state index contributed by atoms with van der Waals surface area (Å²) in [5.74, 6) is 0.376. The number of nitriles is 1. The monoisotopic (exact) mass is 356 g/mol. The molecule has 5 aliphatic rings. The van der Waals surface area contributed by atoms with Crippen molar-refractivity contribution in [2.45, 2.75) is 40.2 Å². The Labute approximate surface area is 162 Å². The van der Waals surface area contributed by atoms with Crippen LogP contribution in [0.4, 0.5) is 0 Å². The second-order valence-electron chi connectivity index (χ2n) is 10.1. The molecule has 0 amide bonds. The van der Waals surface area contributed by atoms with E-state index in [9.17, 15) is 5.26 Å². The van der Waals surface area contributed by atoms with E-state index in [1.807, 2.05) is 6.08 Å². The van der Waals surface area contributed by atoms with Gasteiger partial charge in [-0.2, -0.15) is 5.26 Å². The fraction of sp³-hybridized carbons (Fsp3) is 0.480. The molecular formula is C25H28N2. The molecule has 0 aromatic carbocycles. The topological polar surface area (TPSA) is 49.8 Å². The molecule has 5 rings (SSSR count). The summed E-state index contributed by atoms with van der Waals surface area (Å²) in [5, 5.41) is 9.66. The molecule has 0 saturated heterocycles. The maximum Gasteiger partial charge on any atom is 0.0912 e. The molecule has 0 radical (unpaired) electrons. The molecule has 0 aromatic heterocycles. The van der Waals surface area contributed by atoms with Crippen LogP contribution in [0.1, 0.15) is 34.1 Å². The molecule has 2 saturated carbocycles. The molecule has 5 unspecified atom stereocenters. The van der Waals surface area contributed by atoms with Gasteiger partial charge in [-0.15, -0.1) is 0 Å². The van der Waals surface area contributed by atoms with Crippen molar-refractivity contribution in [1.82, 2.24) is 0 Å². The molecule has 138 valence electrons.